The third kappa shape index (κ3) is 4.25. The van der Waals surface area contributed by atoms with Gasteiger partial charge in [0.1, 0.15) is 6.54 Å². The van der Waals surface area contributed by atoms with Crippen molar-refractivity contribution < 1.29 is 4.79 Å². The summed E-state index contributed by atoms with van der Waals surface area (Å²) in [6, 6.07) is 17.9. The quantitative estimate of drug-likeness (QED) is 0.543. The van der Waals surface area contributed by atoms with Crippen LogP contribution in [0.1, 0.15) is 55.1 Å². The minimum Gasteiger partial charge on any atom is -0.352 e. The molecule has 7 heteroatoms. The van der Waals surface area contributed by atoms with E-state index in [-0.39, 0.29) is 24.5 Å². The highest BCUT2D eigenvalue weighted by atomic mass is 32.1. The number of aromatic nitrogens is 2. The number of anilines is 1. The van der Waals surface area contributed by atoms with Crippen molar-refractivity contribution in [3.05, 3.63) is 84.4 Å². The fourth-order valence-corrected chi connectivity index (χ4v) is 5.16. The van der Waals surface area contributed by atoms with Crippen LogP contribution in [0.2, 0.25) is 0 Å². The molecule has 3 aromatic rings. The molecule has 1 saturated heterocycles. The summed E-state index contributed by atoms with van der Waals surface area (Å²) in [5.74, 6) is -0.0951. The summed E-state index contributed by atoms with van der Waals surface area (Å²) < 4.78 is 2.33. The number of para-hydroxylation sites is 1. The van der Waals surface area contributed by atoms with Gasteiger partial charge in [0.05, 0.1) is 17.8 Å². The van der Waals surface area contributed by atoms with Crippen LogP contribution in [0.3, 0.4) is 0 Å². The summed E-state index contributed by atoms with van der Waals surface area (Å²) in [5.41, 5.74) is 2.84. The molecule has 2 N–H and O–H groups in total. The van der Waals surface area contributed by atoms with E-state index in [4.69, 9.17) is 12.2 Å². The molecule has 2 atom stereocenters. The highest BCUT2D eigenvalue weighted by Gasteiger charge is 2.41. The Hall–Kier alpha value is -3.19. The lowest BCUT2D eigenvalue weighted by molar-refractivity contribution is -0.116. The number of hydrogen-bond acceptors (Lipinski definition) is 3. The van der Waals surface area contributed by atoms with E-state index in [0.29, 0.717) is 11.2 Å². The number of hydrogen-bond donors (Lipinski definition) is 2. The topological polar surface area (TPSA) is 62.2 Å². The number of thiocarbonyl (C=S) groups is 1. The summed E-state index contributed by atoms with van der Waals surface area (Å²) in [5, 5.41) is 6.97. The fourth-order valence-electron chi connectivity index (χ4n) is 4.85. The largest absolute Gasteiger partial charge is 0.352 e. The molecule has 2 aromatic heterocycles. The highest BCUT2D eigenvalue weighted by molar-refractivity contribution is 7.80. The van der Waals surface area contributed by atoms with Gasteiger partial charge in [-0.05, 0) is 61.0 Å². The maximum absolute atomic E-state index is 12.9. The van der Waals surface area contributed by atoms with E-state index in [1.807, 2.05) is 53.4 Å². The van der Waals surface area contributed by atoms with Crippen LogP contribution < -0.4 is 10.6 Å². The first kappa shape index (κ1) is 20.7. The molecular weight excluding hydrogens is 418 g/mol. The summed E-state index contributed by atoms with van der Waals surface area (Å²) in [6.45, 7) is 0.170. The van der Waals surface area contributed by atoms with Crippen molar-refractivity contribution in [3.63, 3.8) is 0 Å². The summed E-state index contributed by atoms with van der Waals surface area (Å²) >= 11 is 5.69. The summed E-state index contributed by atoms with van der Waals surface area (Å²) in [6.07, 6.45) is 11.2. The van der Waals surface area contributed by atoms with Crippen LogP contribution in [0.25, 0.3) is 0 Å². The minimum absolute atomic E-state index is 0.0951. The molecule has 164 valence electrons. The van der Waals surface area contributed by atoms with Crippen LogP contribution in [-0.2, 0) is 4.79 Å². The first-order chi connectivity index (χ1) is 15.7. The monoisotopic (exact) mass is 445 g/mol. The molecule has 0 radical (unpaired) electrons. The van der Waals surface area contributed by atoms with Gasteiger partial charge in [0, 0.05) is 30.3 Å². The van der Waals surface area contributed by atoms with Crippen LogP contribution in [0.4, 0.5) is 5.69 Å². The Morgan fingerprint density at radius 2 is 1.88 bits per heavy atom. The number of pyridine rings is 1. The second-order valence-corrected chi connectivity index (χ2v) is 8.89. The van der Waals surface area contributed by atoms with E-state index < -0.39 is 0 Å². The Balaban J connectivity index is 1.43. The molecule has 1 aliphatic carbocycles. The Kier molecular flexibility index (Phi) is 5.90. The van der Waals surface area contributed by atoms with E-state index in [1.54, 1.807) is 6.20 Å². The molecule has 1 aliphatic heterocycles. The molecule has 32 heavy (non-hydrogen) atoms. The third-order valence-corrected chi connectivity index (χ3v) is 6.75. The van der Waals surface area contributed by atoms with Crippen molar-refractivity contribution in [2.24, 2.45) is 0 Å². The summed E-state index contributed by atoms with van der Waals surface area (Å²) in [7, 11) is 0. The average molecular weight is 446 g/mol. The van der Waals surface area contributed by atoms with E-state index in [2.05, 4.69) is 38.6 Å². The maximum Gasteiger partial charge on any atom is 0.244 e. The van der Waals surface area contributed by atoms with Crippen LogP contribution in [0.15, 0.2) is 73.2 Å². The van der Waals surface area contributed by atoms with Crippen LogP contribution in [0, 0.1) is 0 Å². The van der Waals surface area contributed by atoms with Crippen LogP contribution in [-0.4, -0.2) is 32.0 Å². The SMILES string of the molecule is O=C(CN1C(=S)N[C@@H](c2ccccn2)[C@H]1c1ccn(C2CCCC2)c1)Nc1ccccc1. The Labute approximate surface area is 193 Å². The van der Waals surface area contributed by atoms with Crippen molar-refractivity contribution >= 4 is 28.9 Å². The Morgan fingerprint density at radius 3 is 2.62 bits per heavy atom. The zero-order chi connectivity index (χ0) is 21.9. The van der Waals surface area contributed by atoms with Gasteiger partial charge in [0.25, 0.3) is 0 Å². The number of amides is 1. The molecular formula is C25H27N5OS. The van der Waals surface area contributed by atoms with E-state index in [0.717, 1.165) is 16.9 Å². The third-order valence-electron chi connectivity index (χ3n) is 6.39. The standard InChI is InChI=1S/C25H27N5OS/c31-22(27-19-8-2-1-3-9-19)17-30-24(18-13-15-29(16-18)20-10-4-5-11-20)23(28-25(30)32)21-12-6-7-14-26-21/h1-3,6-9,12-16,20,23-24H,4-5,10-11,17H2,(H,27,31)(H,28,32)/t23-,24+/m0/s1. The molecule has 2 aliphatic rings. The van der Waals surface area contributed by atoms with Crippen molar-refractivity contribution in [2.45, 2.75) is 43.8 Å². The number of carbonyl (C=O) groups is 1. The highest BCUT2D eigenvalue weighted by Crippen LogP contribution is 2.39. The molecule has 5 rings (SSSR count). The Bertz CT molecular complexity index is 1080. The van der Waals surface area contributed by atoms with E-state index in [9.17, 15) is 4.79 Å². The van der Waals surface area contributed by atoms with Gasteiger partial charge < -0.3 is 20.1 Å². The predicted molar refractivity (Wildman–Crippen MR) is 129 cm³/mol. The maximum atomic E-state index is 12.9. The lowest BCUT2D eigenvalue weighted by atomic mass is 9.99. The van der Waals surface area contributed by atoms with Crippen LogP contribution in [0.5, 0.6) is 0 Å². The van der Waals surface area contributed by atoms with Gasteiger partial charge in [-0.1, -0.05) is 37.1 Å². The molecule has 1 saturated carbocycles. The Morgan fingerprint density at radius 1 is 1.09 bits per heavy atom. The van der Waals surface area contributed by atoms with E-state index in [1.165, 1.54) is 25.7 Å². The molecule has 0 unspecified atom stereocenters. The van der Waals surface area contributed by atoms with Crippen molar-refractivity contribution in [1.82, 2.24) is 19.8 Å². The van der Waals surface area contributed by atoms with Gasteiger partial charge in [-0.3, -0.25) is 9.78 Å². The second-order valence-electron chi connectivity index (χ2n) is 8.50. The fraction of sp³-hybridized carbons (Fsp3) is 0.320. The molecule has 0 spiro atoms. The summed E-state index contributed by atoms with van der Waals surface area (Å²) in [4.78, 5) is 19.5. The number of rotatable bonds is 6. The molecule has 3 heterocycles. The first-order valence-corrected chi connectivity index (χ1v) is 11.6. The lowest BCUT2D eigenvalue weighted by Gasteiger charge is -2.26. The van der Waals surface area contributed by atoms with Gasteiger partial charge in [0.2, 0.25) is 5.91 Å². The minimum atomic E-state index is -0.118. The van der Waals surface area contributed by atoms with Crippen molar-refractivity contribution in [2.75, 3.05) is 11.9 Å². The van der Waals surface area contributed by atoms with Crippen molar-refractivity contribution in [3.8, 4) is 0 Å². The van der Waals surface area contributed by atoms with Gasteiger partial charge in [0.15, 0.2) is 5.11 Å². The normalized spacial score (nSPS) is 21.0. The number of benzene rings is 1. The average Bonchev–Trinajstić information content (AvgIpc) is 3.56. The molecule has 1 aromatic carbocycles. The molecule has 0 bridgehead atoms. The van der Waals surface area contributed by atoms with Gasteiger partial charge in [-0.25, -0.2) is 0 Å². The van der Waals surface area contributed by atoms with Crippen LogP contribution >= 0.6 is 12.2 Å². The van der Waals surface area contributed by atoms with Gasteiger partial charge in [-0.2, -0.15) is 0 Å². The van der Waals surface area contributed by atoms with E-state index >= 15 is 0 Å². The lowest BCUT2D eigenvalue weighted by Crippen LogP contribution is -2.37. The van der Waals surface area contributed by atoms with Crippen molar-refractivity contribution in [1.29, 1.82) is 0 Å². The second kappa shape index (κ2) is 9.12. The smallest absolute Gasteiger partial charge is 0.244 e. The number of carbonyl (C=O) groups excluding carboxylic acids is 1. The molecule has 1 amide bonds. The first-order valence-electron chi connectivity index (χ1n) is 11.2. The zero-order valence-corrected chi connectivity index (χ0v) is 18.7. The number of nitrogens with one attached hydrogen (secondary N) is 2. The predicted octanol–water partition coefficient (Wildman–Crippen LogP) is 4.61. The molecule has 6 nitrogen and oxygen atoms in total. The number of nitrogens with zero attached hydrogens (tertiary/aromatic N) is 3. The van der Waals surface area contributed by atoms with Gasteiger partial charge in [-0.15, -0.1) is 0 Å². The molecule has 2 fully saturated rings. The van der Waals surface area contributed by atoms with Gasteiger partial charge >= 0.3 is 0 Å². The zero-order valence-electron chi connectivity index (χ0n) is 17.9.